The van der Waals surface area contributed by atoms with E-state index in [0.29, 0.717) is 0 Å². The van der Waals surface area contributed by atoms with Crippen molar-refractivity contribution >= 4 is 0 Å². The predicted octanol–water partition coefficient (Wildman–Crippen LogP) is 1.44. The van der Waals surface area contributed by atoms with Crippen LogP contribution in [0.4, 0.5) is 0 Å². The molecule has 0 bridgehead atoms. The molecule has 0 saturated heterocycles. The molecule has 0 aliphatic rings. The van der Waals surface area contributed by atoms with Gasteiger partial charge in [-0.1, -0.05) is 13.8 Å². The zero-order valence-corrected chi connectivity index (χ0v) is 6.74. The Morgan fingerprint density at radius 2 is 1.40 bits per heavy atom. The number of hydrogen-bond acceptors (Lipinski definition) is 0. The first-order valence-corrected chi connectivity index (χ1v) is 1.44. The smallest absolute Gasteiger partial charge is 0 e. The van der Waals surface area contributed by atoms with E-state index in [2.05, 4.69) is 0 Å². The number of hydrogen-bond donors (Lipinski definition) is 0. The van der Waals surface area contributed by atoms with Crippen LogP contribution in [0, 0.1) is 0 Å². The second-order valence-corrected chi connectivity index (χ2v) is 1.15. The average Bonchev–Trinajstić information content (AvgIpc) is 0.811. The Morgan fingerprint density at radius 1 is 1.40 bits per heavy atom. The third kappa shape index (κ3) is 69.9. The zero-order chi connectivity index (χ0) is 3.58. The van der Waals surface area contributed by atoms with Gasteiger partial charge in [-0.25, -0.2) is 0 Å². The topological polar surface area (TPSA) is 23.8 Å². The standard InChI is InChI=1S/C3H8N.Ta/c1-3(2)4;/h3-4H,1-2H3;/q-1;. The molecule has 0 atom stereocenters. The van der Waals surface area contributed by atoms with E-state index in [4.69, 9.17) is 5.73 Å². The summed E-state index contributed by atoms with van der Waals surface area (Å²) in [5, 5.41) is 0. The van der Waals surface area contributed by atoms with Crippen molar-refractivity contribution in [1.82, 2.24) is 0 Å². The quantitative estimate of drug-likeness (QED) is 0.610. The van der Waals surface area contributed by atoms with E-state index in [0.717, 1.165) is 0 Å². The molecule has 0 fully saturated rings. The van der Waals surface area contributed by atoms with Crippen LogP contribution >= 0.6 is 0 Å². The summed E-state index contributed by atoms with van der Waals surface area (Å²) in [4.78, 5) is 0. The Balaban J connectivity index is 0. The molecule has 2 heteroatoms. The molecule has 0 rings (SSSR count). The van der Waals surface area contributed by atoms with Crippen LogP contribution in [0.2, 0.25) is 0 Å². The maximum absolute atomic E-state index is 6.58. The first-order valence-electron chi connectivity index (χ1n) is 1.44. The Kier molecular flexibility index (Phi) is 8.65. The van der Waals surface area contributed by atoms with Crippen molar-refractivity contribution in [3.63, 3.8) is 0 Å². The van der Waals surface area contributed by atoms with Crippen LogP contribution in [0.3, 0.4) is 0 Å². The van der Waals surface area contributed by atoms with E-state index in [-0.39, 0.29) is 28.4 Å². The maximum atomic E-state index is 6.58. The molecule has 1 N–H and O–H groups in total. The molecule has 0 aromatic rings. The van der Waals surface area contributed by atoms with Crippen molar-refractivity contribution in [2.75, 3.05) is 0 Å². The molecule has 0 heterocycles. The third-order valence-electron chi connectivity index (χ3n) is 0. The van der Waals surface area contributed by atoms with E-state index < -0.39 is 0 Å². The van der Waals surface area contributed by atoms with Crippen molar-refractivity contribution in [1.29, 1.82) is 0 Å². The van der Waals surface area contributed by atoms with Gasteiger partial charge in [-0.15, -0.1) is 6.04 Å². The van der Waals surface area contributed by atoms with Gasteiger partial charge in [-0.3, -0.25) is 0 Å². The zero-order valence-electron chi connectivity index (χ0n) is 3.52. The normalized spacial score (nSPS) is 7.20. The molecule has 0 aromatic carbocycles. The van der Waals surface area contributed by atoms with E-state index in [1.165, 1.54) is 0 Å². The minimum Gasteiger partial charge on any atom is -0.675 e. The van der Waals surface area contributed by atoms with Crippen molar-refractivity contribution < 1.29 is 22.4 Å². The minimum absolute atomic E-state index is 0. The second kappa shape index (κ2) is 4.70. The Bertz CT molecular complexity index is 11.6. The van der Waals surface area contributed by atoms with Gasteiger partial charge < -0.3 is 5.73 Å². The molecule has 1 nitrogen and oxygen atoms in total. The fourth-order valence-corrected chi connectivity index (χ4v) is 0. The molecule has 0 amide bonds. The number of nitrogens with one attached hydrogen (secondary N) is 1. The summed E-state index contributed by atoms with van der Waals surface area (Å²) >= 11 is 0. The molecule has 5 heavy (non-hydrogen) atoms. The summed E-state index contributed by atoms with van der Waals surface area (Å²) in [6.45, 7) is 3.67. The minimum atomic E-state index is 0. The molecule has 31 valence electrons. The summed E-state index contributed by atoms with van der Waals surface area (Å²) in [5.41, 5.74) is 6.58. The van der Waals surface area contributed by atoms with Gasteiger partial charge in [0.05, 0.1) is 0 Å². The first-order chi connectivity index (χ1) is 1.73. The van der Waals surface area contributed by atoms with Gasteiger partial charge in [-0.2, -0.15) is 0 Å². The van der Waals surface area contributed by atoms with Crippen molar-refractivity contribution in [3.8, 4) is 0 Å². The monoisotopic (exact) mass is 239 g/mol. The molecule has 1 radical (unpaired) electrons. The van der Waals surface area contributed by atoms with E-state index in [9.17, 15) is 0 Å². The van der Waals surface area contributed by atoms with Crippen molar-refractivity contribution in [3.05, 3.63) is 5.73 Å². The van der Waals surface area contributed by atoms with Crippen molar-refractivity contribution in [2.45, 2.75) is 19.9 Å². The summed E-state index contributed by atoms with van der Waals surface area (Å²) in [6, 6.07) is 0.0833. The van der Waals surface area contributed by atoms with Gasteiger partial charge in [0.15, 0.2) is 0 Å². The van der Waals surface area contributed by atoms with E-state index in [1.807, 2.05) is 13.8 Å². The van der Waals surface area contributed by atoms with Crippen LogP contribution in [0.1, 0.15) is 13.8 Å². The SMILES string of the molecule is CC(C)[NH-].[Ta]. The third-order valence-corrected chi connectivity index (χ3v) is 0. The Labute approximate surface area is 48.4 Å². The van der Waals surface area contributed by atoms with E-state index >= 15 is 0 Å². The van der Waals surface area contributed by atoms with Gasteiger partial charge in [0.2, 0.25) is 0 Å². The van der Waals surface area contributed by atoms with Crippen LogP contribution < -0.4 is 0 Å². The summed E-state index contributed by atoms with van der Waals surface area (Å²) in [6.07, 6.45) is 0. The predicted molar refractivity (Wildman–Crippen MR) is 19.5 cm³/mol. The number of rotatable bonds is 0. The van der Waals surface area contributed by atoms with Crippen LogP contribution in [0.15, 0.2) is 0 Å². The van der Waals surface area contributed by atoms with Crippen LogP contribution in [-0.4, -0.2) is 6.04 Å². The van der Waals surface area contributed by atoms with Gasteiger partial charge in [0.25, 0.3) is 0 Å². The first kappa shape index (κ1) is 9.20. The molecular formula is C3H8NTa-. The fraction of sp³-hybridized carbons (Fsp3) is 1.00. The maximum Gasteiger partial charge on any atom is 0 e. The van der Waals surface area contributed by atoms with Crippen LogP contribution in [-0.2, 0) is 22.4 Å². The molecular weight excluding hydrogens is 231 g/mol. The molecule has 0 aliphatic carbocycles. The second-order valence-electron chi connectivity index (χ2n) is 1.15. The van der Waals surface area contributed by atoms with Gasteiger partial charge in [0.1, 0.15) is 0 Å². The molecule has 0 aromatic heterocycles. The van der Waals surface area contributed by atoms with Gasteiger partial charge in [0, 0.05) is 22.4 Å². The Hall–Kier alpha value is 0.700. The van der Waals surface area contributed by atoms with Crippen molar-refractivity contribution in [2.24, 2.45) is 0 Å². The van der Waals surface area contributed by atoms with Crippen LogP contribution in [0.25, 0.3) is 5.73 Å². The largest absolute Gasteiger partial charge is 0.675 e. The summed E-state index contributed by atoms with van der Waals surface area (Å²) in [7, 11) is 0. The van der Waals surface area contributed by atoms with E-state index in [1.54, 1.807) is 0 Å². The summed E-state index contributed by atoms with van der Waals surface area (Å²) < 4.78 is 0. The summed E-state index contributed by atoms with van der Waals surface area (Å²) in [5.74, 6) is 0. The van der Waals surface area contributed by atoms with Gasteiger partial charge in [-0.05, 0) is 0 Å². The van der Waals surface area contributed by atoms with Gasteiger partial charge >= 0.3 is 0 Å². The fourth-order valence-electron chi connectivity index (χ4n) is 0. The molecule has 0 saturated carbocycles. The molecule has 0 spiro atoms. The average molecular weight is 239 g/mol. The molecule has 0 aliphatic heterocycles. The molecule has 0 unspecified atom stereocenters. The van der Waals surface area contributed by atoms with Crippen LogP contribution in [0.5, 0.6) is 0 Å². The Morgan fingerprint density at radius 3 is 1.40 bits per heavy atom.